The number of amides is 1. The molecule has 2 rings (SSSR count). The largest absolute Gasteiger partial charge is 0.424 e. The summed E-state index contributed by atoms with van der Waals surface area (Å²) in [4.78, 5) is 15.9. The molecular formula is C11H14F3N3O2. The van der Waals surface area contributed by atoms with Gasteiger partial charge in [-0.3, -0.25) is 4.79 Å². The van der Waals surface area contributed by atoms with Gasteiger partial charge in [0, 0.05) is 6.54 Å². The molecule has 0 bridgehead atoms. The van der Waals surface area contributed by atoms with Crippen molar-refractivity contribution in [3.63, 3.8) is 0 Å². The van der Waals surface area contributed by atoms with Gasteiger partial charge >= 0.3 is 6.18 Å². The number of alkyl halides is 3. The van der Waals surface area contributed by atoms with Gasteiger partial charge in [-0.25, -0.2) is 4.98 Å². The van der Waals surface area contributed by atoms with Gasteiger partial charge in [-0.2, -0.15) is 13.2 Å². The second-order valence-electron chi connectivity index (χ2n) is 4.90. The van der Waals surface area contributed by atoms with E-state index < -0.39 is 17.6 Å². The number of carbonyl (C=O) groups excluding carboxylic acids is 1. The van der Waals surface area contributed by atoms with E-state index in [-0.39, 0.29) is 19.1 Å². The van der Waals surface area contributed by atoms with E-state index in [0.29, 0.717) is 19.0 Å². The number of rotatable bonds is 2. The smallest absolute Gasteiger partial charge is 0.374 e. The molecule has 0 aliphatic carbocycles. The highest BCUT2D eigenvalue weighted by Crippen LogP contribution is 2.39. The molecule has 1 aromatic heterocycles. The Bertz CT molecular complexity index is 496. The average Bonchev–Trinajstić information content (AvgIpc) is 2.71. The number of imidazole rings is 1. The summed E-state index contributed by atoms with van der Waals surface area (Å²) in [6.45, 7) is 2.83. The van der Waals surface area contributed by atoms with Gasteiger partial charge in [-0.15, -0.1) is 0 Å². The molecule has 0 saturated carbocycles. The van der Waals surface area contributed by atoms with Crippen molar-refractivity contribution in [1.29, 1.82) is 0 Å². The first-order chi connectivity index (χ1) is 8.68. The molecule has 19 heavy (non-hydrogen) atoms. The number of hydrogen-bond acceptors (Lipinski definition) is 3. The lowest BCUT2D eigenvalue weighted by molar-refractivity contribution is -0.263. The average molecular weight is 277 g/mol. The number of nitrogens with zero attached hydrogens (tertiary/aromatic N) is 3. The van der Waals surface area contributed by atoms with Gasteiger partial charge in [0.2, 0.25) is 12.0 Å². The molecule has 1 aromatic rings. The molecule has 8 heteroatoms. The van der Waals surface area contributed by atoms with Crippen LogP contribution in [0, 0.1) is 0 Å². The Morgan fingerprint density at radius 1 is 1.53 bits per heavy atom. The Kier molecular flexibility index (Phi) is 3.08. The first-order valence-corrected chi connectivity index (χ1v) is 5.73. The van der Waals surface area contributed by atoms with Gasteiger partial charge < -0.3 is 14.6 Å². The molecule has 1 amide bonds. The monoisotopic (exact) mass is 277 g/mol. The summed E-state index contributed by atoms with van der Waals surface area (Å²) in [7, 11) is 0. The maximum atomic E-state index is 12.9. The first kappa shape index (κ1) is 13.9. The van der Waals surface area contributed by atoms with Gasteiger partial charge in [0.15, 0.2) is 5.82 Å². The fourth-order valence-electron chi connectivity index (χ4n) is 2.27. The summed E-state index contributed by atoms with van der Waals surface area (Å²) in [5, 5.41) is 9.72. The summed E-state index contributed by atoms with van der Waals surface area (Å²) >= 11 is 0. The number of aliphatic hydroxyl groups is 1. The zero-order valence-electron chi connectivity index (χ0n) is 10.5. The predicted octanol–water partition coefficient (Wildman–Crippen LogP) is 1.19. The lowest BCUT2D eigenvalue weighted by Crippen LogP contribution is -2.44. The second-order valence-corrected chi connectivity index (χ2v) is 4.90. The van der Waals surface area contributed by atoms with Gasteiger partial charge in [-0.1, -0.05) is 0 Å². The molecule has 2 atom stereocenters. The lowest BCUT2D eigenvalue weighted by atomic mass is 10.0. The molecule has 5 nitrogen and oxygen atoms in total. The van der Waals surface area contributed by atoms with E-state index >= 15 is 0 Å². The van der Waals surface area contributed by atoms with Gasteiger partial charge in [0.05, 0.1) is 24.5 Å². The van der Waals surface area contributed by atoms with Gasteiger partial charge in [0.25, 0.3) is 0 Å². The number of fused-ring (bicyclic) bond motifs is 1. The van der Waals surface area contributed by atoms with Crippen molar-refractivity contribution >= 4 is 6.41 Å². The third-order valence-corrected chi connectivity index (χ3v) is 3.31. The summed E-state index contributed by atoms with van der Waals surface area (Å²) < 4.78 is 40.0. The highest BCUT2D eigenvalue weighted by Gasteiger charge is 2.54. The van der Waals surface area contributed by atoms with E-state index in [0.717, 1.165) is 0 Å². The van der Waals surface area contributed by atoms with Crippen molar-refractivity contribution < 1.29 is 23.1 Å². The van der Waals surface area contributed by atoms with Crippen LogP contribution in [-0.2, 0) is 16.9 Å². The molecule has 0 unspecified atom stereocenters. The number of aromatic nitrogens is 2. The maximum absolute atomic E-state index is 12.9. The zero-order valence-corrected chi connectivity index (χ0v) is 10.5. The molecular weight excluding hydrogens is 263 g/mol. The van der Waals surface area contributed by atoms with Crippen molar-refractivity contribution in [3.05, 3.63) is 17.7 Å². The van der Waals surface area contributed by atoms with Crippen molar-refractivity contribution in [2.75, 3.05) is 6.54 Å². The molecule has 106 valence electrons. The highest BCUT2D eigenvalue weighted by atomic mass is 19.4. The van der Waals surface area contributed by atoms with Crippen LogP contribution >= 0.6 is 0 Å². The Morgan fingerprint density at radius 3 is 2.68 bits per heavy atom. The van der Waals surface area contributed by atoms with Crippen LogP contribution in [-0.4, -0.2) is 38.7 Å². The molecule has 1 aliphatic heterocycles. The Balaban J connectivity index is 2.48. The standard InChI is InChI=1S/C11H14F3N3O2/c1-7-4-16(6-18)5-8-3-15-9(17(7)8)10(2,19)11(12,13)14/h3,6-7,19H,4-5H2,1-2H3/t7-,10+/m0/s1. The Hall–Kier alpha value is -1.57. The van der Waals surface area contributed by atoms with E-state index in [9.17, 15) is 23.1 Å². The van der Waals surface area contributed by atoms with Crippen LogP contribution in [0.1, 0.15) is 31.4 Å². The SMILES string of the molecule is C[C@H]1CN(C=O)Cc2cnc([C@@](C)(O)C(F)(F)F)n21. The summed E-state index contributed by atoms with van der Waals surface area (Å²) in [5.74, 6) is -0.437. The van der Waals surface area contributed by atoms with E-state index in [4.69, 9.17) is 0 Å². The van der Waals surface area contributed by atoms with Crippen LogP contribution in [0.5, 0.6) is 0 Å². The lowest BCUT2D eigenvalue weighted by Gasteiger charge is -2.34. The van der Waals surface area contributed by atoms with Crippen molar-refractivity contribution in [2.45, 2.75) is 38.2 Å². The van der Waals surface area contributed by atoms with Crippen LogP contribution in [0.15, 0.2) is 6.20 Å². The molecule has 0 fully saturated rings. The quantitative estimate of drug-likeness (QED) is 0.826. The predicted molar refractivity (Wildman–Crippen MR) is 59.0 cm³/mol. The molecule has 1 N–H and O–H groups in total. The van der Waals surface area contributed by atoms with E-state index in [1.807, 2.05) is 0 Å². The first-order valence-electron chi connectivity index (χ1n) is 5.73. The van der Waals surface area contributed by atoms with Crippen LogP contribution in [0.25, 0.3) is 0 Å². The minimum absolute atomic E-state index is 0.189. The summed E-state index contributed by atoms with van der Waals surface area (Å²) in [6, 6.07) is -0.375. The van der Waals surface area contributed by atoms with E-state index in [1.165, 1.54) is 15.7 Å². The maximum Gasteiger partial charge on any atom is 0.424 e. The minimum atomic E-state index is -4.81. The summed E-state index contributed by atoms with van der Waals surface area (Å²) in [5.41, 5.74) is -2.53. The van der Waals surface area contributed by atoms with Gasteiger partial charge in [-0.05, 0) is 13.8 Å². The topological polar surface area (TPSA) is 58.4 Å². The Morgan fingerprint density at radius 2 is 2.16 bits per heavy atom. The van der Waals surface area contributed by atoms with Gasteiger partial charge in [0.1, 0.15) is 0 Å². The Labute approximate surface area is 107 Å². The van der Waals surface area contributed by atoms with Crippen LogP contribution < -0.4 is 0 Å². The number of carbonyl (C=O) groups is 1. The third kappa shape index (κ3) is 2.09. The molecule has 0 aromatic carbocycles. The molecule has 0 saturated heterocycles. The van der Waals surface area contributed by atoms with E-state index in [1.54, 1.807) is 6.92 Å². The third-order valence-electron chi connectivity index (χ3n) is 3.31. The molecule has 0 radical (unpaired) electrons. The fraction of sp³-hybridized carbons (Fsp3) is 0.636. The second kappa shape index (κ2) is 4.22. The number of halogens is 3. The van der Waals surface area contributed by atoms with Crippen molar-refractivity contribution in [2.24, 2.45) is 0 Å². The van der Waals surface area contributed by atoms with Crippen LogP contribution in [0.2, 0.25) is 0 Å². The molecule has 1 aliphatic rings. The zero-order chi connectivity index (χ0) is 14.4. The minimum Gasteiger partial charge on any atom is -0.374 e. The normalized spacial score (nSPS) is 22.8. The molecule has 2 heterocycles. The van der Waals surface area contributed by atoms with Crippen molar-refractivity contribution in [3.8, 4) is 0 Å². The summed E-state index contributed by atoms with van der Waals surface area (Å²) in [6.07, 6.45) is -2.90. The van der Waals surface area contributed by atoms with E-state index in [2.05, 4.69) is 4.98 Å². The highest BCUT2D eigenvalue weighted by molar-refractivity contribution is 5.47. The number of hydrogen-bond donors (Lipinski definition) is 1. The van der Waals surface area contributed by atoms with Crippen molar-refractivity contribution in [1.82, 2.24) is 14.5 Å². The van der Waals surface area contributed by atoms with Crippen LogP contribution in [0.4, 0.5) is 13.2 Å². The molecule has 0 spiro atoms. The van der Waals surface area contributed by atoms with Crippen LogP contribution in [0.3, 0.4) is 0 Å². The fourth-order valence-corrected chi connectivity index (χ4v) is 2.27.